The first-order chi connectivity index (χ1) is 9.19. The summed E-state index contributed by atoms with van der Waals surface area (Å²) in [6, 6.07) is 0.659. The number of rotatable bonds is 6. The van der Waals surface area contributed by atoms with Crippen molar-refractivity contribution >= 4 is 0 Å². The molecule has 0 saturated carbocycles. The zero-order valence-corrected chi connectivity index (χ0v) is 15.1. The molecule has 1 heterocycles. The van der Waals surface area contributed by atoms with Crippen LogP contribution < -0.4 is 5.32 Å². The van der Waals surface area contributed by atoms with E-state index in [4.69, 9.17) is 0 Å². The zero-order valence-electron chi connectivity index (χ0n) is 15.1. The number of unbranched alkanes of at least 4 members (excludes halogenated alkanes) is 1. The number of hydrogen-bond acceptors (Lipinski definition) is 2. The molecule has 1 aliphatic rings. The summed E-state index contributed by atoms with van der Waals surface area (Å²) in [6.07, 6.45) is 5.43. The normalized spacial score (nSPS) is 25.6. The quantitative estimate of drug-likeness (QED) is 0.781. The standard InChI is InChI=1S/C18H38N2/c1-8-10-11-15(9-2)13-20-14-18(6,7)19-12-16(20)17(3,4)5/h15-16,19H,8-14H2,1-7H3. The highest BCUT2D eigenvalue weighted by Gasteiger charge is 2.38. The van der Waals surface area contributed by atoms with Crippen molar-refractivity contribution in [3.8, 4) is 0 Å². The van der Waals surface area contributed by atoms with Crippen molar-refractivity contribution in [3.05, 3.63) is 0 Å². The molecular formula is C18H38N2. The number of piperazine rings is 1. The average Bonchev–Trinajstić information content (AvgIpc) is 2.31. The lowest BCUT2D eigenvalue weighted by Gasteiger charge is -2.50. The second-order valence-corrected chi connectivity index (χ2v) is 8.49. The van der Waals surface area contributed by atoms with Gasteiger partial charge in [0.05, 0.1) is 0 Å². The lowest BCUT2D eigenvalue weighted by atomic mass is 9.81. The van der Waals surface area contributed by atoms with Gasteiger partial charge in [-0.2, -0.15) is 0 Å². The summed E-state index contributed by atoms with van der Waals surface area (Å²) in [6.45, 7) is 20.1. The summed E-state index contributed by atoms with van der Waals surface area (Å²) in [5.41, 5.74) is 0.608. The van der Waals surface area contributed by atoms with E-state index in [1.54, 1.807) is 0 Å². The van der Waals surface area contributed by atoms with Crippen LogP contribution in [0.4, 0.5) is 0 Å². The molecule has 0 bridgehead atoms. The third-order valence-corrected chi connectivity index (χ3v) is 4.85. The molecule has 0 aromatic heterocycles. The van der Waals surface area contributed by atoms with Gasteiger partial charge in [0.1, 0.15) is 0 Å². The van der Waals surface area contributed by atoms with Crippen molar-refractivity contribution in [1.29, 1.82) is 0 Å². The summed E-state index contributed by atoms with van der Waals surface area (Å²) in [7, 11) is 0. The zero-order chi connectivity index (χ0) is 15.4. The van der Waals surface area contributed by atoms with Gasteiger partial charge in [0, 0.05) is 31.2 Å². The Hall–Kier alpha value is -0.0800. The smallest absolute Gasteiger partial charge is 0.0270 e. The lowest BCUT2D eigenvalue weighted by molar-refractivity contribution is 0.0203. The maximum Gasteiger partial charge on any atom is 0.0270 e. The largest absolute Gasteiger partial charge is 0.309 e. The van der Waals surface area contributed by atoms with E-state index in [0.29, 0.717) is 11.5 Å². The van der Waals surface area contributed by atoms with Crippen LogP contribution in [0.2, 0.25) is 0 Å². The molecule has 2 heteroatoms. The van der Waals surface area contributed by atoms with Gasteiger partial charge < -0.3 is 5.32 Å². The molecule has 1 saturated heterocycles. The van der Waals surface area contributed by atoms with Gasteiger partial charge in [-0.1, -0.05) is 53.9 Å². The van der Waals surface area contributed by atoms with E-state index < -0.39 is 0 Å². The molecule has 2 nitrogen and oxygen atoms in total. The fourth-order valence-electron chi connectivity index (χ4n) is 3.47. The SMILES string of the molecule is CCCCC(CC)CN1CC(C)(C)NCC1C(C)(C)C. The average molecular weight is 283 g/mol. The van der Waals surface area contributed by atoms with Crippen LogP contribution in [0, 0.1) is 11.3 Å². The molecule has 0 aromatic carbocycles. The summed E-state index contributed by atoms with van der Waals surface area (Å²) in [5.74, 6) is 0.869. The highest BCUT2D eigenvalue weighted by Crippen LogP contribution is 2.30. The van der Waals surface area contributed by atoms with E-state index in [9.17, 15) is 0 Å². The van der Waals surface area contributed by atoms with E-state index in [0.717, 1.165) is 12.5 Å². The molecule has 20 heavy (non-hydrogen) atoms. The number of hydrogen-bond donors (Lipinski definition) is 1. The van der Waals surface area contributed by atoms with E-state index >= 15 is 0 Å². The minimum atomic E-state index is 0.255. The third kappa shape index (κ3) is 5.37. The van der Waals surface area contributed by atoms with E-state index in [1.165, 1.54) is 38.8 Å². The van der Waals surface area contributed by atoms with Gasteiger partial charge in [-0.3, -0.25) is 4.90 Å². The first-order valence-electron chi connectivity index (χ1n) is 8.68. The van der Waals surface area contributed by atoms with Crippen molar-refractivity contribution in [3.63, 3.8) is 0 Å². The second kappa shape index (κ2) is 7.26. The lowest BCUT2D eigenvalue weighted by Crippen LogP contribution is -2.65. The number of nitrogens with zero attached hydrogens (tertiary/aromatic N) is 1. The fraction of sp³-hybridized carbons (Fsp3) is 1.00. The summed E-state index contributed by atoms with van der Waals surface area (Å²) in [5, 5.41) is 3.74. The molecule has 1 aliphatic heterocycles. The van der Waals surface area contributed by atoms with Gasteiger partial charge in [-0.15, -0.1) is 0 Å². The minimum Gasteiger partial charge on any atom is -0.309 e. The molecule has 120 valence electrons. The maximum absolute atomic E-state index is 3.74. The predicted octanol–water partition coefficient (Wildman–Crippen LogP) is 4.30. The van der Waals surface area contributed by atoms with Crippen LogP contribution in [0.25, 0.3) is 0 Å². The highest BCUT2D eigenvalue weighted by atomic mass is 15.3. The third-order valence-electron chi connectivity index (χ3n) is 4.85. The predicted molar refractivity (Wildman–Crippen MR) is 90.2 cm³/mol. The Balaban J connectivity index is 2.73. The first-order valence-corrected chi connectivity index (χ1v) is 8.68. The van der Waals surface area contributed by atoms with Crippen molar-refractivity contribution < 1.29 is 0 Å². The van der Waals surface area contributed by atoms with Crippen LogP contribution in [-0.2, 0) is 0 Å². The summed E-state index contributed by atoms with van der Waals surface area (Å²) >= 11 is 0. The van der Waals surface area contributed by atoms with Gasteiger partial charge >= 0.3 is 0 Å². The van der Waals surface area contributed by atoms with E-state index in [-0.39, 0.29) is 5.54 Å². The Kier molecular flexibility index (Phi) is 6.53. The van der Waals surface area contributed by atoms with E-state index in [1.807, 2.05) is 0 Å². The Labute approximate surface area is 127 Å². The molecule has 0 aliphatic carbocycles. The van der Waals surface area contributed by atoms with Crippen molar-refractivity contribution in [1.82, 2.24) is 10.2 Å². The second-order valence-electron chi connectivity index (χ2n) is 8.49. The van der Waals surface area contributed by atoms with Gasteiger partial charge in [0.15, 0.2) is 0 Å². The van der Waals surface area contributed by atoms with Gasteiger partial charge in [-0.25, -0.2) is 0 Å². The van der Waals surface area contributed by atoms with Crippen molar-refractivity contribution in [2.24, 2.45) is 11.3 Å². The molecule has 2 unspecified atom stereocenters. The topological polar surface area (TPSA) is 15.3 Å². The molecule has 1 N–H and O–H groups in total. The monoisotopic (exact) mass is 282 g/mol. The first kappa shape index (κ1) is 18.0. The Bertz CT molecular complexity index is 278. The van der Waals surface area contributed by atoms with Crippen LogP contribution in [0.5, 0.6) is 0 Å². The molecular weight excluding hydrogens is 244 g/mol. The molecule has 0 spiro atoms. The summed E-state index contributed by atoms with van der Waals surface area (Å²) < 4.78 is 0. The van der Waals surface area contributed by atoms with Crippen LogP contribution >= 0.6 is 0 Å². The number of nitrogens with one attached hydrogen (secondary N) is 1. The molecule has 2 atom stereocenters. The van der Waals surface area contributed by atoms with Crippen LogP contribution in [0.1, 0.15) is 74.1 Å². The van der Waals surface area contributed by atoms with Crippen LogP contribution in [-0.4, -0.2) is 36.1 Å². The Morgan fingerprint density at radius 2 is 1.90 bits per heavy atom. The van der Waals surface area contributed by atoms with Gasteiger partial charge in [-0.05, 0) is 31.6 Å². The molecule has 0 radical (unpaired) electrons. The summed E-state index contributed by atoms with van der Waals surface area (Å²) in [4.78, 5) is 2.78. The highest BCUT2D eigenvalue weighted by molar-refractivity contribution is 4.97. The molecule has 0 amide bonds. The van der Waals surface area contributed by atoms with Crippen LogP contribution in [0.15, 0.2) is 0 Å². The van der Waals surface area contributed by atoms with Crippen LogP contribution in [0.3, 0.4) is 0 Å². The van der Waals surface area contributed by atoms with Gasteiger partial charge in [0.25, 0.3) is 0 Å². The van der Waals surface area contributed by atoms with Crippen molar-refractivity contribution in [2.45, 2.75) is 85.7 Å². The Morgan fingerprint density at radius 3 is 2.40 bits per heavy atom. The Morgan fingerprint density at radius 1 is 1.25 bits per heavy atom. The maximum atomic E-state index is 3.74. The fourth-order valence-corrected chi connectivity index (χ4v) is 3.47. The van der Waals surface area contributed by atoms with E-state index in [2.05, 4.69) is 58.7 Å². The van der Waals surface area contributed by atoms with Crippen molar-refractivity contribution in [2.75, 3.05) is 19.6 Å². The molecule has 0 aromatic rings. The minimum absolute atomic E-state index is 0.255. The molecule has 1 fully saturated rings. The van der Waals surface area contributed by atoms with Gasteiger partial charge in [0.2, 0.25) is 0 Å². The molecule has 1 rings (SSSR count).